The molecule has 1 amide bonds. The Kier molecular flexibility index (Phi) is 6.47. The number of likely N-dealkylation sites (tertiary alicyclic amines) is 1. The first-order valence-electron chi connectivity index (χ1n) is 8.17. The maximum atomic E-state index is 12.1. The normalized spacial score (nSPS) is 17.2. The lowest BCUT2D eigenvalue weighted by atomic mass is 10.1. The molecule has 0 saturated carbocycles. The van der Waals surface area contributed by atoms with Gasteiger partial charge in [0.15, 0.2) is 0 Å². The summed E-state index contributed by atoms with van der Waals surface area (Å²) in [6, 6.07) is 9.28. The molecule has 1 saturated heterocycles. The van der Waals surface area contributed by atoms with E-state index in [2.05, 4.69) is 4.99 Å². The van der Waals surface area contributed by atoms with Crippen LogP contribution in [-0.4, -0.2) is 36.3 Å². The quantitative estimate of drug-likeness (QED) is 0.421. The van der Waals surface area contributed by atoms with Gasteiger partial charge in [-0.15, -0.1) is 0 Å². The van der Waals surface area contributed by atoms with Gasteiger partial charge in [0.1, 0.15) is 12.4 Å². The molecule has 2 rings (SSSR count). The van der Waals surface area contributed by atoms with Crippen LogP contribution in [0.3, 0.4) is 0 Å². The van der Waals surface area contributed by atoms with Crippen molar-refractivity contribution in [2.24, 2.45) is 22.2 Å². The average Bonchev–Trinajstić information content (AvgIpc) is 3.14. The van der Waals surface area contributed by atoms with Gasteiger partial charge in [-0.05, 0) is 25.3 Å². The fourth-order valence-electron chi connectivity index (χ4n) is 2.67. The lowest BCUT2D eigenvalue weighted by molar-refractivity contribution is -0.128. The minimum atomic E-state index is -0.0504. The number of nitrogens with two attached hydrogens (primary N) is 3. The number of aliphatic imine (C=N–C) groups is 1. The van der Waals surface area contributed by atoms with Gasteiger partial charge in [0.05, 0.1) is 16.3 Å². The molecule has 0 unspecified atom stereocenters. The molecule has 25 heavy (non-hydrogen) atoms. The predicted molar refractivity (Wildman–Crippen MR) is 103 cm³/mol. The van der Waals surface area contributed by atoms with E-state index in [1.165, 1.54) is 0 Å². The van der Waals surface area contributed by atoms with Crippen molar-refractivity contribution in [2.45, 2.75) is 19.8 Å². The minimum Gasteiger partial charge on any atom is -0.402 e. The molecule has 1 aromatic carbocycles. The molecule has 1 aromatic rings. The second kappa shape index (κ2) is 8.58. The van der Waals surface area contributed by atoms with Crippen molar-refractivity contribution < 1.29 is 4.79 Å². The van der Waals surface area contributed by atoms with Crippen LogP contribution in [0.5, 0.6) is 0 Å². The fourth-order valence-corrected chi connectivity index (χ4v) is 3.02. The monoisotopic (exact) mass is 361 g/mol. The van der Waals surface area contributed by atoms with Gasteiger partial charge in [-0.3, -0.25) is 9.79 Å². The summed E-state index contributed by atoms with van der Waals surface area (Å²) in [6.07, 6.45) is 2.06. The summed E-state index contributed by atoms with van der Waals surface area (Å²) in [5.41, 5.74) is 20.0. The highest BCUT2D eigenvalue weighted by atomic mass is 35.5. The topological polar surface area (TPSA) is 111 Å². The summed E-state index contributed by atoms with van der Waals surface area (Å²) < 4.78 is 0. The number of carbonyl (C=O) groups is 1. The smallest absolute Gasteiger partial charge is 0.244 e. The van der Waals surface area contributed by atoms with Crippen LogP contribution in [0.2, 0.25) is 0 Å². The van der Waals surface area contributed by atoms with Crippen LogP contribution in [0, 0.1) is 0 Å². The zero-order chi connectivity index (χ0) is 18.4. The molecule has 0 spiro atoms. The Morgan fingerprint density at radius 3 is 2.32 bits per heavy atom. The van der Waals surface area contributed by atoms with Gasteiger partial charge in [-0.25, -0.2) is 0 Å². The Hall–Kier alpha value is -2.47. The summed E-state index contributed by atoms with van der Waals surface area (Å²) in [4.78, 5) is 18.1. The summed E-state index contributed by atoms with van der Waals surface area (Å²) in [6.45, 7) is 3.18. The molecule has 0 aromatic heterocycles. The number of nitrogens with zero attached hydrogens (tertiary/aromatic N) is 2. The number of rotatable bonds is 5. The first-order valence-corrected chi connectivity index (χ1v) is 8.55. The highest BCUT2D eigenvalue weighted by Gasteiger charge is 2.19. The van der Waals surface area contributed by atoms with Crippen LogP contribution < -0.4 is 17.2 Å². The molecule has 0 bridgehead atoms. The van der Waals surface area contributed by atoms with Crippen LogP contribution in [0.25, 0.3) is 5.70 Å². The Morgan fingerprint density at radius 2 is 1.76 bits per heavy atom. The maximum Gasteiger partial charge on any atom is 0.244 e. The number of amidine groups is 1. The zero-order valence-corrected chi connectivity index (χ0v) is 15.1. The van der Waals surface area contributed by atoms with E-state index in [1.807, 2.05) is 30.3 Å². The molecule has 1 heterocycles. The molecule has 1 aliphatic rings. The van der Waals surface area contributed by atoms with Crippen molar-refractivity contribution in [1.82, 2.24) is 4.90 Å². The van der Waals surface area contributed by atoms with E-state index in [4.69, 9.17) is 28.8 Å². The molecule has 7 heteroatoms. The van der Waals surface area contributed by atoms with Crippen LogP contribution >= 0.6 is 11.6 Å². The van der Waals surface area contributed by atoms with Crippen molar-refractivity contribution in [3.8, 4) is 0 Å². The van der Waals surface area contributed by atoms with E-state index >= 15 is 0 Å². The lowest BCUT2D eigenvalue weighted by Gasteiger charge is -2.15. The van der Waals surface area contributed by atoms with Crippen LogP contribution in [0.1, 0.15) is 25.3 Å². The third kappa shape index (κ3) is 4.76. The molecule has 1 fully saturated rings. The van der Waals surface area contributed by atoms with Crippen LogP contribution in [0.4, 0.5) is 0 Å². The number of allylic oxidation sites excluding steroid dienone is 1. The van der Waals surface area contributed by atoms with E-state index in [1.54, 1.807) is 11.8 Å². The summed E-state index contributed by atoms with van der Waals surface area (Å²) in [7, 11) is 0. The summed E-state index contributed by atoms with van der Waals surface area (Å²) >= 11 is 6.42. The van der Waals surface area contributed by atoms with Gasteiger partial charge in [0.25, 0.3) is 0 Å². The largest absolute Gasteiger partial charge is 0.402 e. The van der Waals surface area contributed by atoms with Gasteiger partial charge in [0, 0.05) is 18.8 Å². The summed E-state index contributed by atoms with van der Waals surface area (Å²) in [5.74, 6) is 0.0574. The van der Waals surface area contributed by atoms with E-state index in [-0.39, 0.29) is 23.3 Å². The summed E-state index contributed by atoms with van der Waals surface area (Å²) in [5, 5.41) is 0.223. The molecular formula is C18H24ClN5O. The molecular weight excluding hydrogens is 338 g/mol. The number of benzene rings is 1. The second-order valence-electron chi connectivity index (χ2n) is 5.94. The van der Waals surface area contributed by atoms with E-state index in [0.717, 1.165) is 31.5 Å². The average molecular weight is 362 g/mol. The zero-order valence-electron chi connectivity index (χ0n) is 14.3. The number of halogens is 1. The number of amides is 1. The highest BCUT2D eigenvalue weighted by molar-refractivity contribution is 6.38. The highest BCUT2D eigenvalue weighted by Crippen LogP contribution is 2.25. The van der Waals surface area contributed by atoms with Gasteiger partial charge < -0.3 is 22.1 Å². The van der Waals surface area contributed by atoms with Crippen molar-refractivity contribution in [3.05, 3.63) is 52.2 Å². The molecule has 6 N–H and O–H groups in total. The van der Waals surface area contributed by atoms with Crippen molar-refractivity contribution in [1.29, 1.82) is 0 Å². The number of hydrogen-bond donors (Lipinski definition) is 3. The predicted octanol–water partition coefficient (Wildman–Crippen LogP) is 1.76. The van der Waals surface area contributed by atoms with Crippen molar-refractivity contribution >= 4 is 29.0 Å². The van der Waals surface area contributed by atoms with Crippen molar-refractivity contribution in [3.63, 3.8) is 0 Å². The minimum absolute atomic E-state index is 0.0297. The lowest BCUT2D eigenvalue weighted by Crippen LogP contribution is -2.31. The first kappa shape index (κ1) is 18.9. The standard InChI is InChI=1S/C18H24ClN5O/c1-12(20)15(16(19)17(21)13-7-3-2-4-8-13)18(22)23-11-14(25)24-9-5-6-10-24/h2-4,7-8H,5-6,9-11,20-21H2,1H3,(H2,22,23)/b15-12?,17-16+. The first-order chi connectivity index (χ1) is 11.9. The van der Waals surface area contributed by atoms with Gasteiger partial charge in [-0.1, -0.05) is 41.9 Å². The number of carbonyl (C=O) groups excluding carboxylic acids is 1. The third-order valence-electron chi connectivity index (χ3n) is 4.03. The molecule has 0 radical (unpaired) electrons. The fraction of sp³-hybridized carbons (Fsp3) is 0.333. The third-order valence-corrected chi connectivity index (χ3v) is 4.43. The van der Waals surface area contributed by atoms with Gasteiger partial charge in [-0.2, -0.15) is 0 Å². The molecule has 134 valence electrons. The van der Waals surface area contributed by atoms with E-state index < -0.39 is 0 Å². The number of hydrogen-bond acceptors (Lipinski definition) is 4. The SMILES string of the molecule is CC(N)=C(C(N)=NCC(=O)N1CCCC1)/C(Cl)=C(\N)c1ccccc1. The van der Waals surface area contributed by atoms with Gasteiger partial charge >= 0.3 is 0 Å². The van der Waals surface area contributed by atoms with Crippen LogP contribution in [-0.2, 0) is 4.79 Å². The van der Waals surface area contributed by atoms with E-state index in [0.29, 0.717) is 17.0 Å². The van der Waals surface area contributed by atoms with Crippen LogP contribution in [0.15, 0.2) is 51.6 Å². The second-order valence-corrected chi connectivity index (χ2v) is 6.32. The van der Waals surface area contributed by atoms with Gasteiger partial charge in [0.2, 0.25) is 5.91 Å². The molecule has 0 atom stereocenters. The Balaban J connectivity index is 2.24. The molecule has 0 aliphatic carbocycles. The maximum absolute atomic E-state index is 12.1. The molecule has 6 nitrogen and oxygen atoms in total. The Bertz CT molecular complexity index is 714. The van der Waals surface area contributed by atoms with E-state index in [9.17, 15) is 4.79 Å². The molecule has 1 aliphatic heterocycles. The Morgan fingerprint density at radius 1 is 1.16 bits per heavy atom. The van der Waals surface area contributed by atoms with Crippen molar-refractivity contribution in [2.75, 3.05) is 19.6 Å². The Labute approximate surface area is 153 Å².